The molecular formula is C28H31F4N5O5. The van der Waals surface area contributed by atoms with Crippen molar-refractivity contribution >= 4 is 17.6 Å². The lowest BCUT2D eigenvalue weighted by atomic mass is 9.82. The standard InChI is InChI=1S/C28H31F4N5O5/c1-16-4-6-19(7-5-16)26(38)37(17(2)15-41-3)21-8-9-22(24(29)23(21)27(39)40)42-25-20(28(30,31)32)12-18(13-33-25)14-36-34-10-11-35-36/h8-13,16-17,19H,4-7,14-15H2,1-3H3,(H,39,40)/t16?,17-,19?/m1/s1. The number of benzene rings is 1. The van der Waals surface area contributed by atoms with Crippen LogP contribution in [0.1, 0.15) is 61.0 Å². The number of alkyl halides is 3. The average Bonchev–Trinajstić information content (AvgIpc) is 3.44. The number of amides is 1. The number of pyridine rings is 1. The van der Waals surface area contributed by atoms with Crippen molar-refractivity contribution in [1.82, 2.24) is 20.0 Å². The van der Waals surface area contributed by atoms with Gasteiger partial charge in [0.25, 0.3) is 0 Å². The number of hydrogen-bond donors (Lipinski definition) is 1. The monoisotopic (exact) mass is 593 g/mol. The molecule has 1 N–H and O–H groups in total. The van der Waals surface area contributed by atoms with Gasteiger partial charge in [0.2, 0.25) is 11.8 Å². The number of carboxylic acid groups (broad SMARTS) is 1. The van der Waals surface area contributed by atoms with Crippen LogP contribution in [0.15, 0.2) is 36.8 Å². The molecule has 2 aromatic heterocycles. The van der Waals surface area contributed by atoms with Crippen molar-refractivity contribution in [3.8, 4) is 11.6 Å². The SMILES string of the molecule is COC[C@@H](C)N(C(=O)C1CCC(C)CC1)c1ccc(Oc2ncc(Cn3nccn3)cc2C(F)(F)F)c(F)c1C(=O)O. The molecule has 0 bridgehead atoms. The summed E-state index contributed by atoms with van der Waals surface area (Å²) in [7, 11) is 1.42. The Labute approximate surface area is 239 Å². The predicted molar refractivity (Wildman–Crippen MR) is 142 cm³/mol. The third-order valence-electron chi connectivity index (χ3n) is 7.22. The zero-order valence-electron chi connectivity index (χ0n) is 23.3. The summed E-state index contributed by atoms with van der Waals surface area (Å²) >= 11 is 0. The van der Waals surface area contributed by atoms with Gasteiger partial charge in [-0.1, -0.05) is 6.92 Å². The van der Waals surface area contributed by atoms with Crippen LogP contribution in [0, 0.1) is 17.7 Å². The smallest absolute Gasteiger partial charge is 0.421 e. The number of rotatable bonds is 10. The summed E-state index contributed by atoms with van der Waals surface area (Å²) in [6, 6.07) is 2.25. The summed E-state index contributed by atoms with van der Waals surface area (Å²) in [5.41, 5.74) is -2.36. The minimum atomic E-state index is -4.93. The number of carbonyl (C=O) groups excluding carboxylic acids is 1. The lowest BCUT2D eigenvalue weighted by molar-refractivity contribution is -0.139. The maximum absolute atomic E-state index is 15.8. The number of aromatic carboxylic acids is 1. The molecular weight excluding hydrogens is 562 g/mol. The molecule has 4 rings (SSSR count). The summed E-state index contributed by atoms with van der Waals surface area (Å²) in [6.45, 7) is 3.65. The summed E-state index contributed by atoms with van der Waals surface area (Å²) in [5, 5.41) is 17.7. The van der Waals surface area contributed by atoms with E-state index in [1.165, 1.54) is 24.4 Å². The highest BCUT2D eigenvalue weighted by molar-refractivity contribution is 6.03. The summed E-state index contributed by atoms with van der Waals surface area (Å²) in [6.07, 6.45) is 1.73. The molecule has 1 fully saturated rings. The Morgan fingerprint density at radius 3 is 2.43 bits per heavy atom. The van der Waals surface area contributed by atoms with Crippen LogP contribution in [-0.4, -0.2) is 56.7 Å². The average molecular weight is 594 g/mol. The molecule has 0 unspecified atom stereocenters. The maximum Gasteiger partial charge on any atom is 0.421 e. The van der Waals surface area contributed by atoms with Gasteiger partial charge in [0.1, 0.15) is 11.1 Å². The van der Waals surface area contributed by atoms with E-state index >= 15 is 4.39 Å². The Kier molecular flexibility index (Phi) is 9.44. The van der Waals surface area contributed by atoms with Crippen molar-refractivity contribution < 1.29 is 41.7 Å². The fourth-order valence-electron chi connectivity index (χ4n) is 5.08. The molecule has 0 saturated heterocycles. The van der Waals surface area contributed by atoms with Gasteiger partial charge in [0.15, 0.2) is 11.6 Å². The van der Waals surface area contributed by atoms with E-state index in [2.05, 4.69) is 22.1 Å². The molecule has 1 atom stereocenters. The molecule has 3 aromatic rings. The van der Waals surface area contributed by atoms with E-state index in [9.17, 15) is 27.9 Å². The number of aromatic nitrogens is 4. The van der Waals surface area contributed by atoms with Crippen molar-refractivity contribution in [2.24, 2.45) is 11.8 Å². The number of carboxylic acids is 1. The van der Waals surface area contributed by atoms with E-state index in [-0.39, 0.29) is 30.3 Å². The number of anilines is 1. The molecule has 0 spiro atoms. The minimum absolute atomic E-state index is 0.0348. The number of nitrogens with zero attached hydrogens (tertiary/aromatic N) is 5. The van der Waals surface area contributed by atoms with Gasteiger partial charge in [-0.3, -0.25) is 4.79 Å². The van der Waals surface area contributed by atoms with E-state index in [1.807, 2.05) is 0 Å². The normalized spacial score (nSPS) is 18.0. The first-order valence-corrected chi connectivity index (χ1v) is 13.4. The maximum atomic E-state index is 15.8. The van der Waals surface area contributed by atoms with E-state index in [1.54, 1.807) is 6.92 Å². The molecule has 42 heavy (non-hydrogen) atoms. The number of carbonyl (C=O) groups is 2. The molecule has 1 aliphatic rings. The summed E-state index contributed by atoms with van der Waals surface area (Å²) in [5.74, 6) is -5.25. The Morgan fingerprint density at radius 1 is 1.17 bits per heavy atom. The van der Waals surface area contributed by atoms with Crippen molar-refractivity contribution in [3.05, 3.63) is 59.3 Å². The molecule has 0 radical (unpaired) electrons. The van der Waals surface area contributed by atoms with E-state index in [0.717, 1.165) is 42.0 Å². The van der Waals surface area contributed by atoms with Gasteiger partial charge in [-0.25, -0.2) is 14.2 Å². The van der Waals surface area contributed by atoms with Crippen molar-refractivity contribution in [3.63, 3.8) is 0 Å². The lowest BCUT2D eigenvalue weighted by Crippen LogP contribution is -2.46. The lowest BCUT2D eigenvalue weighted by Gasteiger charge is -2.35. The van der Waals surface area contributed by atoms with Gasteiger partial charge < -0.3 is 19.5 Å². The van der Waals surface area contributed by atoms with Crippen molar-refractivity contribution in [1.29, 1.82) is 0 Å². The summed E-state index contributed by atoms with van der Waals surface area (Å²) in [4.78, 5) is 32.1. The van der Waals surface area contributed by atoms with Gasteiger partial charge in [-0.15, -0.1) is 0 Å². The largest absolute Gasteiger partial charge is 0.478 e. The molecule has 1 saturated carbocycles. The van der Waals surface area contributed by atoms with Crippen molar-refractivity contribution in [2.45, 2.75) is 58.3 Å². The molecule has 226 valence electrons. The molecule has 1 aromatic carbocycles. The molecule has 14 heteroatoms. The topological polar surface area (TPSA) is 120 Å². The Morgan fingerprint density at radius 2 is 1.83 bits per heavy atom. The van der Waals surface area contributed by atoms with E-state index in [0.29, 0.717) is 18.8 Å². The van der Waals surface area contributed by atoms with Gasteiger partial charge in [0.05, 0.1) is 37.3 Å². The highest BCUT2D eigenvalue weighted by Gasteiger charge is 2.38. The molecule has 10 nitrogen and oxygen atoms in total. The van der Waals surface area contributed by atoms with Gasteiger partial charge in [-0.2, -0.15) is 28.2 Å². The first kappa shape index (κ1) is 30.9. The fraction of sp³-hybridized carbons (Fsp3) is 0.464. The Bertz CT molecular complexity index is 1410. The molecule has 0 aliphatic heterocycles. The third-order valence-corrected chi connectivity index (χ3v) is 7.22. The van der Waals surface area contributed by atoms with Gasteiger partial charge in [0, 0.05) is 19.2 Å². The molecule has 1 amide bonds. The predicted octanol–water partition coefficient (Wildman–Crippen LogP) is 5.56. The number of methoxy groups -OCH3 is 1. The second-order valence-corrected chi connectivity index (χ2v) is 10.4. The van der Waals surface area contributed by atoms with Crippen LogP contribution in [0.5, 0.6) is 11.6 Å². The number of ether oxygens (including phenoxy) is 2. The van der Waals surface area contributed by atoms with Gasteiger partial charge >= 0.3 is 12.1 Å². The molecule has 2 heterocycles. The van der Waals surface area contributed by atoms with Crippen LogP contribution in [0.3, 0.4) is 0 Å². The Hall–Kier alpha value is -4.07. The number of halogens is 4. The number of hydrogen-bond acceptors (Lipinski definition) is 7. The second kappa shape index (κ2) is 12.8. The quantitative estimate of drug-likeness (QED) is 0.303. The van der Waals surface area contributed by atoms with Crippen LogP contribution in [0.25, 0.3) is 0 Å². The van der Waals surface area contributed by atoms with E-state index < -0.39 is 52.7 Å². The van der Waals surface area contributed by atoms with Crippen LogP contribution < -0.4 is 9.64 Å². The summed E-state index contributed by atoms with van der Waals surface area (Å²) < 4.78 is 68.0. The van der Waals surface area contributed by atoms with Crippen LogP contribution >= 0.6 is 0 Å². The first-order valence-electron chi connectivity index (χ1n) is 13.4. The highest BCUT2D eigenvalue weighted by Crippen LogP contribution is 2.40. The zero-order chi connectivity index (χ0) is 30.6. The van der Waals surface area contributed by atoms with Crippen LogP contribution in [-0.2, 0) is 22.3 Å². The molecule has 1 aliphatic carbocycles. The van der Waals surface area contributed by atoms with Crippen LogP contribution in [0.4, 0.5) is 23.2 Å². The van der Waals surface area contributed by atoms with Gasteiger partial charge in [-0.05, 0) is 62.3 Å². The second-order valence-electron chi connectivity index (χ2n) is 10.4. The van der Waals surface area contributed by atoms with Crippen LogP contribution in [0.2, 0.25) is 0 Å². The minimum Gasteiger partial charge on any atom is -0.478 e. The third kappa shape index (κ3) is 6.86. The van der Waals surface area contributed by atoms with E-state index in [4.69, 9.17) is 9.47 Å². The van der Waals surface area contributed by atoms with Crippen molar-refractivity contribution in [2.75, 3.05) is 18.6 Å². The fourth-order valence-corrected chi connectivity index (χ4v) is 5.08. The Balaban J connectivity index is 1.72. The zero-order valence-corrected chi connectivity index (χ0v) is 23.3. The first-order chi connectivity index (χ1) is 19.9. The highest BCUT2D eigenvalue weighted by atomic mass is 19.4.